The van der Waals surface area contributed by atoms with Gasteiger partial charge in [0.1, 0.15) is 5.82 Å². The van der Waals surface area contributed by atoms with Crippen LogP contribution in [-0.4, -0.2) is 24.4 Å². The average Bonchev–Trinajstić information content (AvgIpc) is 2.50. The van der Waals surface area contributed by atoms with Crippen LogP contribution in [0.4, 0.5) is 14.6 Å². The third-order valence-corrected chi connectivity index (χ3v) is 2.37. The number of halogens is 2. The van der Waals surface area contributed by atoms with E-state index < -0.39 is 15.8 Å². The molecule has 1 rings (SSSR count). The lowest BCUT2D eigenvalue weighted by Crippen LogP contribution is -2.21. The zero-order valence-corrected chi connectivity index (χ0v) is 7.68. The molecule has 0 aliphatic heterocycles. The predicted octanol–water partition coefficient (Wildman–Crippen LogP) is -0.167. The van der Waals surface area contributed by atoms with Crippen LogP contribution in [0, 0.1) is 0 Å². The summed E-state index contributed by atoms with van der Waals surface area (Å²) in [5.74, 6) is -3.62. The smallest absolute Gasteiger partial charge is 0.326 e. The molecule has 0 fully saturated rings. The minimum atomic E-state index is -4.66. The summed E-state index contributed by atoms with van der Waals surface area (Å²) in [5.41, 5.74) is 5.52. The van der Waals surface area contributed by atoms with Gasteiger partial charge < -0.3 is 5.73 Å². The van der Waals surface area contributed by atoms with Gasteiger partial charge in [-0.3, -0.25) is 9.82 Å². The molecule has 0 bridgehead atoms. The number of nitrogens with two attached hydrogens (primary N) is 1. The molecular weight excluding hydrogens is 218 g/mol. The lowest BCUT2D eigenvalue weighted by Gasteiger charge is -2.05. The molecule has 4 N–H and O–H groups in total. The fourth-order valence-electron chi connectivity index (χ4n) is 0.741. The molecule has 0 amide bonds. The molecule has 0 atom stereocenters. The number of nitrogens with zero attached hydrogens (tertiary/aromatic N) is 1. The quantitative estimate of drug-likeness (QED) is 0.663. The molecule has 0 aliphatic carbocycles. The molecule has 0 aromatic carbocycles. The number of rotatable bonds is 4. The van der Waals surface area contributed by atoms with Crippen molar-refractivity contribution in [2.24, 2.45) is 5.73 Å². The van der Waals surface area contributed by atoms with E-state index in [1.165, 1.54) is 6.20 Å². The van der Waals surface area contributed by atoms with Gasteiger partial charge in [0.25, 0.3) is 10.0 Å². The number of sulfonamides is 1. The van der Waals surface area contributed by atoms with Crippen LogP contribution < -0.4 is 10.5 Å². The summed E-state index contributed by atoms with van der Waals surface area (Å²) in [5, 5.41) is 5.67. The van der Waals surface area contributed by atoms with Crippen LogP contribution >= 0.6 is 0 Å². The Morgan fingerprint density at radius 1 is 1.64 bits per heavy atom. The fraction of sp³-hybridized carbons (Fsp3) is 0.400. The van der Waals surface area contributed by atoms with E-state index in [1.54, 1.807) is 4.72 Å². The molecule has 0 spiro atoms. The summed E-state index contributed by atoms with van der Waals surface area (Å²) in [7, 11) is -4.66. The zero-order valence-electron chi connectivity index (χ0n) is 6.87. The Bertz CT molecular complexity index is 402. The van der Waals surface area contributed by atoms with E-state index in [2.05, 4.69) is 10.2 Å². The van der Waals surface area contributed by atoms with E-state index >= 15 is 0 Å². The van der Waals surface area contributed by atoms with Gasteiger partial charge in [0.15, 0.2) is 0 Å². The largest absolute Gasteiger partial charge is 0.355 e. The van der Waals surface area contributed by atoms with E-state index in [9.17, 15) is 17.2 Å². The Morgan fingerprint density at radius 2 is 2.29 bits per heavy atom. The van der Waals surface area contributed by atoms with E-state index in [0.717, 1.165) is 0 Å². The lowest BCUT2D eigenvalue weighted by atomic mass is 10.3. The van der Waals surface area contributed by atoms with E-state index in [1.807, 2.05) is 0 Å². The molecule has 14 heavy (non-hydrogen) atoms. The van der Waals surface area contributed by atoms with Crippen molar-refractivity contribution in [3.8, 4) is 0 Å². The minimum absolute atomic E-state index is 0.00239. The average molecular weight is 226 g/mol. The number of H-pyrrole nitrogens is 1. The number of anilines is 1. The maximum Gasteiger partial charge on any atom is 0.355 e. The van der Waals surface area contributed by atoms with Gasteiger partial charge >= 0.3 is 5.76 Å². The fourth-order valence-corrected chi connectivity index (χ4v) is 1.29. The van der Waals surface area contributed by atoms with Crippen molar-refractivity contribution in [1.82, 2.24) is 10.2 Å². The highest BCUT2D eigenvalue weighted by atomic mass is 32.2. The van der Waals surface area contributed by atoms with Gasteiger partial charge in [-0.2, -0.15) is 13.9 Å². The van der Waals surface area contributed by atoms with Gasteiger partial charge in [-0.05, 0) is 0 Å². The maximum absolute atomic E-state index is 11.9. The zero-order chi connectivity index (χ0) is 10.8. The standard InChI is InChI=1S/C5H8F2N4O2S/c6-5(7)14(12,13)11-4-3(1-8)2-9-10-4/h2,5H,1,8H2,(H2,9,10,11). The highest BCUT2D eigenvalue weighted by Gasteiger charge is 2.25. The summed E-state index contributed by atoms with van der Waals surface area (Å²) >= 11 is 0. The van der Waals surface area contributed by atoms with Crippen LogP contribution in [0.15, 0.2) is 6.20 Å². The van der Waals surface area contributed by atoms with Crippen LogP contribution in [0.25, 0.3) is 0 Å². The van der Waals surface area contributed by atoms with Gasteiger partial charge in [0.05, 0.1) is 6.20 Å². The monoisotopic (exact) mass is 226 g/mol. The predicted molar refractivity (Wildman–Crippen MR) is 45.0 cm³/mol. The molecule has 80 valence electrons. The van der Waals surface area contributed by atoms with Crippen LogP contribution in [0.2, 0.25) is 0 Å². The second-order valence-corrected chi connectivity index (χ2v) is 4.03. The van der Waals surface area contributed by atoms with Crippen molar-refractivity contribution in [1.29, 1.82) is 0 Å². The molecule has 6 nitrogen and oxygen atoms in total. The molecule has 1 aromatic heterocycles. The van der Waals surface area contributed by atoms with Crippen LogP contribution in [0.3, 0.4) is 0 Å². The molecule has 1 aromatic rings. The molecule has 0 saturated carbocycles. The summed E-state index contributed by atoms with van der Waals surface area (Å²) in [6.45, 7) is -0.00239. The van der Waals surface area contributed by atoms with Crippen LogP contribution in [0.5, 0.6) is 0 Å². The summed E-state index contributed by atoms with van der Waals surface area (Å²) < 4.78 is 46.9. The lowest BCUT2D eigenvalue weighted by molar-refractivity contribution is 0.236. The van der Waals surface area contributed by atoms with Crippen molar-refractivity contribution >= 4 is 15.8 Å². The van der Waals surface area contributed by atoms with Crippen molar-refractivity contribution in [2.45, 2.75) is 12.3 Å². The van der Waals surface area contributed by atoms with Crippen LogP contribution in [0.1, 0.15) is 5.56 Å². The second kappa shape index (κ2) is 3.88. The number of aromatic amines is 1. The third kappa shape index (κ3) is 2.17. The molecule has 9 heteroatoms. The number of nitrogens with one attached hydrogen (secondary N) is 2. The Hall–Kier alpha value is -1.22. The third-order valence-electron chi connectivity index (χ3n) is 1.42. The maximum atomic E-state index is 11.9. The summed E-state index contributed by atoms with van der Waals surface area (Å²) in [6, 6.07) is 0. The van der Waals surface area contributed by atoms with Crippen molar-refractivity contribution in [3.63, 3.8) is 0 Å². The highest BCUT2D eigenvalue weighted by molar-refractivity contribution is 7.92. The molecule has 1 heterocycles. The van der Waals surface area contributed by atoms with Gasteiger partial charge in [-0.25, -0.2) is 8.42 Å². The van der Waals surface area contributed by atoms with Gasteiger partial charge in [0, 0.05) is 12.1 Å². The van der Waals surface area contributed by atoms with Crippen molar-refractivity contribution in [3.05, 3.63) is 11.8 Å². The number of hydrogen-bond donors (Lipinski definition) is 3. The highest BCUT2D eigenvalue weighted by Crippen LogP contribution is 2.14. The topological polar surface area (TPSA) is 101 Å². The van der Waals surface area contributed by atoms with E-state index in [4.69, 9.17) is 5.73 Å². The number of hydrogen-bond acceptors (Lipinski definition) is 4. The van der Waals surface area contributed by atoms with Gasteiger partial charge in [0.2, 0.25) is 0 Å². The molecule has 0 radical (unpaired) electrons. The van der Waals surface area contributed by atoms with Gasteiger partial charge in [-0.1, -0.05) is 0 Å². The Labute approximate surface area is 78.5 Å². The second-order valence-electron chi connectivity index (χ2n) is 2.38. The number of aromatic nitrogens is 2. The minimum Gasteiger partial charge on any atom is -0.326 e. The molecule has 0 aliphatic rings. The molecule has 0 unspecified atom stereocenters. The summed E-state index contributed by atoms with van der Waals surface area (Å²) in [4.78, 5) is 0. The normalized spacial score (nSPS) is 12.0. The number of alkyl halides is 2. The first-order valence-electron chi connectivity index (χ1n) is 3.49. The molecule has 0 saturated heterocycles. The Morgan fingerprint density at radius 3 is 2.79 bits per heavy atom. The van der Waals surface area contributed by atoms with E-state index in [0.29, 0.717) is 5.56 Å². The van der Waals surface area contributed by atoms with Crippen LogP contribution in [-0.2, 0) is 16.6 Å². The first kappa shape index (κ1) is 10.9. The Kier molecular flexibility index (Phi) is 3.01. The first-order valence-corrected chi connectivity index (χ1v) is 5.04. The first-order chi connectivity index (χ1) is 6.47. The molecular formula is C5H8F2N4O2S. The van der Waals surface area contributed by atoms with E-state index in [-0.39, 0.29) is 12.4 Å². The van der Waals surface area contributed by atoms with Crippen molar-refractivity contribution in [2.75, 3.05) is 4.72 Å². The Balaban J connectivity index is 2.89. The van der Waals surface area contributed by atoms with Crippen molar-refractivity contribution < 1.29 is 17.2 Å². The SMILES string of the molecule is NCc1cn[nH]c1NS(=O)(=O)C(F)F. The summed E-state index contributed by atoms with van der Waals surface area (Å²) in [6.07, 6.45) is 1.25. The van der Waals surface area contributed by atoms with Gasteiger partial charge in [-0.15, -0.1) is 0 Å².